The average Bonchev–Trinajstić information content (AvgIpc) is 2.72. The van der Waals surface area contributed by atoms with Crippen LogP contribution in [0.1, 0.15) is 20.3 Å². The average molecular weight is 217 g/mol. The number of fused-ring (bicyclic) bond motifs is 1. The van der Waals surface area contributed by atoms with Gasteiger partial charge in [-0.15, -0.1) is 5.10 Å². The van der Waals surface area contributed by atoms with Crippen LogP contribution in [-0.4, -0.2) is 20.8 Å². The summed E-state index contributed by atoms with van der Waals surface area (Å²) < 4.78 is 1.80. The van der Waals surface area contributed by atoms with Crippen molar-refractivity contribution in [3.8, 4) is 0 Å². The predicted octanol–water partition coefficient (Wildman–Crippen LogP) is 2.05. The molecule has 1 aromatic heterocycles. The van der Waals surface area contributed by atoms with E-state index in [1.165, 1.54) is 0 Å². The molecule has 0 saturated carbocycles. The Morgan fingerprint density at radius 2 is 2.19 bits per heavy atom. The molecule has 0 N–H and O–H groups in total. The minimum Gasteiger partial charge on any atom is -0.299 e. The fraction of sp³-hybridized carbons (Fsp3) is 0.417. The third-order valence-corrected chi connectivity index (χ3v) is 2.77. The topological polar surface area (TPSA) is 47.8 Å². The Bertz CT molecular complexity index is 504. The van der Waals surface area contributed by atoms with Crippen molar-refractivity contribution in [2.75, 3.05) is 0 Å². The SMILES string of the molecule is CCC(=O)C(C)Cn1nnc2ccccc21. The monoisotopic (exact) mass is 217 g/mol. The largest absolute Gasteiger partial charge is 0.299 e. The normalized spacial score (nSPS) is 12.9. The molecule has 2 rings (SSSR count). The molecule has 0 fully saturated rings. The lowest BCUT2D eigenvalue weighted by atomic mass is 10.1. The summed E-state index contributed by atoms with van der Waals surface area (Å²) in [5.74, 6) is 0.259. The van der Waals surface area contributed by atoms with E-state index >= 15 is 0 Å². The van der Waals surface area contributed by atoms with Gasteiger partial charge in [-0.25, -0.2) is 4.68 Å². The molecule has 2 aromatic rings. The quantitative estimate of drug-likeness (QED) is 0.787. The van der Waals surface area contributed by atoms with Gasteiger partial charge in [0, 0.05) is 12.3 Å². The zero-order chi connectivity index (χ0) is 11.5. The summed E-state index contributed by atoms with van der Waals surface area (Å²) in [6.45, 7) is 4.42. The summed E-state index contributed by atoms with van der Waals surface area (Å²) in [6, 6.07) is 7.78. The first-order valence-corrected chi connectivity index (χ1v) is 5.53. The maximum atomic E-state index is 11.5. The number of hydrogen-bond donors (Lipinski definition) is 0. The van der Waals surface area contributed by atoms with E-state index < -0.39 is 0 Å². The van der Waals surface area contributed by atoms with Gasteiger partial charge in [0.1, 0.15) is 11.3 Å². The van der Waals surface area contributed by atoms with Crippen LogP contribution in [0.4, 0.5) is 0 Å². The maximum Gasteiger partial charge on any atom is 0.137 e. The lowest BCUT2D eigenvalue weighted by Gasteiger charge is -2.08. The van der Waals surface area contributed by atoms with Crippen molar-refractivity contribution < 1.29 is 4.79 Å². The Morgan fingerprint density at radius 1 is 1.44 bits per heavy atom. The van der Waals surface area contributed by atoms with Crippen molar-refractivity contribution in [2.24, 2.45) is 5.92 Å². The van der Waals surface area contributed by atoms with Crippen LogP contribution in [0.15, 0.2) is 24.3 Å². The zero-order valence-electron chi connectivity index (χ0n) is 9.55. The van der Waals surface area contributed by atoms with Gasteiger partial charge in [-0.3, -0.25) is 4.79 Å². The number of aromatic nitrogens is 3. The number of rotatable bonds is 4. The second-order valence-electron chi connectivity index (χ2n) is 3.98. The first-order valence-electron chi connectivity index (χ1n) is 5.53. The van der Waals surface area contributed by atoms with Gasteiger partial charge in [-0.1, -0.05) is 31.2 Å². The van der Waals surface area contributed by atoms with E-state index in [0.29, 0.717) is 13.0 Å². The van der Waals surface area contributed by atoms with Crippen molar-refractivity contribution in [1.29, 1.82) is 0 Å². The number of hydrogen-bond acceptors (Lipinski definition) is 3. The summed E-state index contributed by atoms with van der Waals surface area (Å²) in [5.41, 5.74) is 1.86. The summed E-state index contributed by atoms with van der Waals surface area (Å²) in [7, 11) is 0. The van der Waals surface area contributed by atoms with Gasteiger partial charge < -0.3 is 0 Å². The molecule has 0 aliphatic heterocycles. The number of carbonyl (C=O) groups is 1. The van der Waals surface area contributed by atoms with Crippen molar-refractivity contribution in [2.45, 2.75) is 26.8 Å². The first kappa shape index (κ1) is 10.8. The molecule has 1 unspecified atom stereocenters. The Hall–Kier alpha value is -1.71. The van der Waals surface area contributed by atoms with Gasteiger partial charge in [0.2, 0.25) is 0 Å². The van der Waals surface area contributed by atoms with Gasteiger partial charge >= 0.3 is 0 Å². The maximum absolute atomic E-state index is 11.5. The fourth-order valence-electron chi connectivity index (χ4n) is 1.76. The lowest BCUT2D eigenvalue weighted by Crippen LogP contribution is -2.17. The zero-order valence-corrected chi connectivity index (χ0v) is 9.55. The highest BCUT2D eigenvalue weighted by molar-refractivity contribution is 5.80. The molecule has 0 saturated heterocycles. The molecule has 1 atom stereocenters. The van der Waals surface area contributed by atoms with E-state index in [9.17, 15) is 4.79 Å². The van der Waals surface area contributed by atoms with E-state index in [4.69, 9.17) is 0 Å². The molecule has 1 aromatic carbocycles. The van der Waals surface area contributed by atoms with E-state index in [1.807, 2.05) is 38.1 Å². The van der Waals surface area contributed by atoms with Crippen LogP contribution in [0.3, 0.4) is 0 Å². The molecule has 84 valence electrons. The van der Waals surface area contributed by atoms with Crippen LogP contribution >= 0.6 is 0 Å². The molecule has 16 heavy (non-hydrogen) atoms. The molecular formula is C12H15N3O. The third kappa shape index (κ3) is 1.96. The van der Waals surface area contributed by atoms with Crippen molar-refractivity contribution in [3.63, 3.8) is 0 Å². The molecule has 1 heterocycles. The molecule has 0 bridgehead atoms. The third-order valence-electron chi connectivity index (χ3n) is 2.77. The van der Waals surface area contributed by atoms with E-state index in [0.717, 1.165) is 11.0 Å². The number of nitrogens with zero attached hydrogens (tertiary/aromatic N) is 3. The van der Waals surface area contributed by atoms with Crippen LogP contribution in [0.5, 0.6) is 0 Å². The summed E-state index contributed by atoms with van der Waals surface area (Å²) in [5, 5.41) is 8.12. The highest BCUT2D eigenvalue weighted by atomic mass is 16.1. The fourth-order valence-corrected chi connectivity index (χ4v) is 1.76. The highest BCUT2D eigenvalue weighted by Crippen LogP contribution is 2.12. The smallest absolute Gasteiger partial charge is 0.137 e. The second kappa shape index (κ2) is 4.43. The second-order valence-corrected chi connectivity index (χ2v) is 3.98. The Kier molecular flexibility index (Phi) is 2.99. The van der Waals surface area contributed by atoms with Gasteiger partial charge in [-0.2, -0.15) is 0 Å². The summed E-state index contributed by atoms with van der Waals surface area (Å²) in [6.07, 6.45) is 0.577. The molecule has 0 spiro atoms. The number of carbonyl (C=O) groups excluding carboxylic acids is 1. The van der Waals surface area contributed by atoms with Crippen molar-refractivity contribution in [3.05, 3.63) is 24.3 Å². The van der Waals surface area contributed by atoms with Crippen LogP contribution in [0.2, 0.25) is 0 Å². The Morgan fingerprint density at radius 3 is 2.94 bits per heavy atom. The predicted molar refractivity (Wildman–Crippen MR) is 62.0 cm³/mol. The Balaban J connectivity index is 2.24. The molecule has 0 aliphatic rings. The molecule has 4 nitrogen and oxygen atoms in total. The van der Waals surface area contributed by atoms with Crippen LogP contribution in [0, 0.1) is 5.92 Å². The molecule has 4 heteroatoms. The molecular weight excluding hydrogens is 202 g/mol. The minimum absolute atomic E-state index is 0.00453. The molecule has 0 aliphatic carbocycles. The minimum atomic E-state index is -0.00453. The van der Waals surface area contributed by atoms with Crippen molar-refractivity contribution in [1.82, 2.24) is 15.0 Å². The first-order chi connectivity index (χ1) is 7.72. The van der Waals surface area contributed by atoms with E-state index in [2.05, 4.69) is 10.3 Å². The molecule has 0 radical (unpaired) electrons. The number of Topliss-reactive ketones (excluding diaryl/α,β-unsaturated/α-hetero) is 1. The van der Waals surface area contributed by atoms with Gasteiger partial charge in [0.05, 0.1) is 12.1 Å². The Labute approximate surface area is 94.3 Å². The standard InChI is InChI=1S/C12H15N3O/c1-3-12(16)9(2)8-15-11-7-5-4-6-10(11)13-14-15/h4-7,9H,3,8H2,1-2H3. The number of benzene rings is 1. The summed E-state index contributed by atoms with van der Waals surface area (Å²) >= 11 is 0. The van der Waals surface area contributed by atoms with Gasteiger partial charge in [0.15, 0.2) is 0 Å². The lowest BCUT2D eigenvalue weighted by molar-refractivity contribution is -0.122. The van der Waals surface area contributed by atoms with E-state index in [1.54, 1.807) is 4.68 Å². The van der Waals surface area contributed by atoms with Crippen LogP contribution in [-0.2, 0) is 11.3 Å². The number of para-hydroxylation sites is 1. The van der Waals surface area contributed by atoms with Crippen molar-refractivity contribution >= 4 is 16.8 Å². The highest BCUT2D eigenvalue weighted by Gasteiger charge is 2.13. The van der Waals surface area contributed by atoms with Crippen LogP contribution < -0.4 is 0 Å². The van der Waals surface area contributed by atoms with Gasteiger partial charge in [-0.05, 0) is 12.1 Å². The molecule has 0 amide bonds. The van der Waals surface area contributed by atoms with Gasteiger partial charge in [0.25, 0.3) is 0 Å². The van der Waals surface area contributed by atoms with Crippen LogP contribution in [0.25, 0.3) is 11.0 Å². The van der Waals surface area contributed by atoms with E-state index in [-0.39, 0.29) is 11.7 Å². The summed E-state index contributed by atoms with van der Waals surface area (Å²) in [4.78, 5) is 11.5. The number of ketones is 1.